The quantitative estimate of drug-likeness (QED) is 0.578. The smallest absolute Gasteiger partial charge is 0.288 e. The van der Waals surface area contributed by atoms with Gasteiger partial charge in [-0.05, 0) is 30.7 Å². The molecule has 1 rings (SSSR count). The third kappa shape index (κ3) is 4.74. The zero-order valence-electron chi connectivity index (χ0n) is 8.11. The summed E-state index contributed by atoms with van der Waals surface area (Å²) in [7, 11) is 0. The molecule has 0 bridgehead atoms. The Morgan fingerprint density at radius 3 is 2.40 bits per heavy atom. The van der Waals surface area contributed by atoms with Gasteiger partial charge in [-0.15, -0.1) is 0 Å². The Hall–Kier alpha value is -1.16. The van der Waals surface area contributed by atoms with Crippen LogP contribution >= 0.6 is 11.8 Å². The molecule has 0 aliphatic heterocycles. The first-order chi connectivity index (χ1) is 7.08. The third-order valence-corrected chi connectivity index (χ3v) is 2.34. The molecule has 0 unspecified atom stereocenters. The van der Waals surface area contributed by atoms with Crippen molar-refractivity contribution in [2.24, 2.45) is 0 Å². The molecule has 1 aromatic rings. The van der Waals surface area contributed by atoms with E-state index in [0.29, 0.717) is 16.7 Å². The third-order valence-electron chi connectivity index (χ3n) is 1.62. The number of carbonyl (C=O) groups is 1. The lowest BCUT2D eigenvalue weighted by Crippen LogP contribution is -1.82. The monoisotopic (exact) mass is 228 g/mol. The molecule has 0 aromatic heterocycles. The van der Waals surface area contributed by atoms with E-state index in [1.165, 1.54) is 13.0 Å². The average Bonchev–Trinajstić information content (AvgIpc) is 2.16. The van der Waals surface area contributed by atoms with Crippen molar-refractivity contribution >= 4 is 23.6 Å². The fourth-order valence-corrected chi connectivity index (χ4v) is 1.47. The minimum absolute atomic E-state index is 0.0407. The van der Waals surface area contributed by atoms with Gasteiger partial charge in [0.15, 0.2) is 5.78 Å². The summed E-state index contributed by atoms with van der Waals surface area (Å²) in [6, 6.07) is 6.61. The fraction of sp³-hybridized carbons (Fsp3) is 0.182. The topological polar surface area (TPSA) is 17.1 Å². The molecule has 0 amide bonds. The van der Waals surface area contributed by atoms with Crippen LogP contribution in [0.4, 0.5) is 8.78 Å². The first-order valence-corrected chi connectivity index (χ1v) is 5.19. The van der Waals surface area contributed by atoms with E-state index in [2.05, 4.69) is 0 Å². The van der Waals surface area contributed by atoms with Crippen molar-refractivity contribution < 1.29 is 13.6 Å². The minimum atomic E-state index is -2.40. The van der Waals surface area contributed by atoms with Gasteiger partial charge in [-0.2, -0.15) is 8.78 Å². The van der Waals surface area contributed by atoms with Crippen molar-refractivity contribution in [2.45, 2.75) is 17.6 Å². The standard InChI is InChI=1S/C11H10F2OS/c1-8(14)2-3-9-4-6-10(7-5-9)15-11(12)13/h2-7,11H,1H3/b3-2+. The van der Waals surface area contributed by atoms with Gasteiger partial charge in [-0.3, -0.25) is 4.79 Å². The first-order valence-electron chi connectivity index (χ1n) is 4.31. The van der Waals surface area contributed by atoms with Gasteiger partial charge < -0.3 is 0 Å². The Morgan fingerprint density at radius 2 is 1.93 bits per heavy atom. The molecule has 0 aliphatic carbocycles. The second-order valence-electron chi connectivity index (χ2n) is 2.89. The number of thioether (sulfide) groups is 1. The van der Waals surface area contributed by atoms with E-state index in [1.54, 1.807) is 30.3 Å². The first kappa shape index (κ1) is 11.9. The molecule has 0 spiro atoms. The van der Waals surface area contributed by atoms with Crippen LogP contribution in [0.3, 0.4) is 0 Å². The number of carbonyl (C=O) groups excluding carboxylic acids is 1. The van der Waals surface area contributed by atoms with Crippen molar-refractivity contribution in [3.05, 3.63) is 35.9 Å². The Kier molecular flexibility index (Phi) is 4.49. The largest absolute Gasteiger partial charge is 0.295 e. The Bertz CT molecular complexity index is 357. The molecule has 0 fully saturated rings. The van der Waals surface area contributed by atoms with Crippen LogP contribution in [0, 0.1) is 0 Å². The SMILES string of the molecule is CC(=O)/C=C/c1ccc(SC(F)F)cc1. The van der Waals surface area contributed by atoms with Gasteiger partial charge >= 0.3 is 0 Å². The second kappa shape index (κ2) is 5.66. The fourth-order valence-electron chi connectivity index (χ4n) is 0.974. The Labute approximate surface area is 91.2 Å². The van der Waals surface area contributed by atoms with Crippen LogP contribution in [0.1, 0.15) is 12.5 Å². The summed E-state index contributed by atoms with van der Waals surface area (Å²) >= 11 is 0.507. The van der Waals surface area contributed by atoms with Crippen molar-refractivity contribution in [3.63, 3.8) is 0 Å². The Balaban J connectivity index is 2.68. The number of ketones is 1. The lowest BCUT2D eigenvalue weighted by Gasteiger charge is -1.99. The van der Waals surface area contributed by atoms with Crippen LogP contribution in [0.2, 0.25) is 0 Å². The van der Waals surface area contributed by atoms with Gasteiger partial charge in [0.2, 0.25) is 0 Å². The second-order valence-corrected chi connectivity index (χ2v) is 3.95. The maximum atomic E-state index is 12.0. The zero-order valence-corrected chi connectivity index (χ0v) is 8.93. The summed E-state index contributed by atoms with van der Waals surface area (Å²) < 4.78 is 24.0. The van der Waals surface area contributed by atoms with Crippen LogP contribution in [-0.4, -0.2) is 11.5 Å². The van der Waals surface area contributed by atoms with Gasteiger partial charge in [-0.1, -0.05) is 30.0 Å². The molecule has 0 N–H and O–H groups in total. The molecular weight excluding hydrogens is 218 g/mol. The normalized spacial score (nSPS) is 11.2. The van der Waals surface area contributed by atoms with Crippen molar-refractivity contribution in [1.82, 2.24) is 0 Å². The molecule has 4 heteroatoms. The summed E-state index contributed by atoms with van der Waals surface area (Å²) in [5, 5.41) is 0. The number of allylic oxidation sites excluding steroid dienone is 1. The molecule has 80 valence electrons. The number of benzene rings is 1. The van der Waals surface area contributed by atoms with Crippen molar-refractivity contribution in [3.8, 4) is 0 Å². The van der Waals surface area contributed by atoms with E-state index in [-0.39, 0.29) is 5.78 Å². The highest BCUT2D eigenvalue weighted by Gasteiger charge is 2.03. The average molecular weight is 228 g/mol. The number of hydrogen-bond acceptors (Lipinski definition) is 2. The predicted molar refractivity (Wildman–Crippen MR) is 58.0 cm³/mol. The number of halogens is 2. The number of hydrogen-bond donors (Lipinski definition) is 0. The van der Waals surface area contributed by atoms with E-state index >= 15 is 0 Å². The molecular formula is C11H10F2OS. The summed E-state index contributed by atoms with van der Waals surface area (Å²) in [5.74, 6) is -2.44. The molecule has 0 heterocycles. The van der Waals surface area contributed by atoms with E-state index in [4.69, 9.17) is 0 Å². The highest BCUT2D eigenvalue weighted by atomic mass is 32.2. The van der Waals surface area contributed by atoms with E-state index < -0.39 is 5.76 Å². The number of alkyl halides is 2. The molecule has 1 nitrogen and oxygen atoms in total. The van der Waals surface area contributed by atoms with Gasteiger partial charge in [0.05, 0.1) is 0 Å². The van der Waals surface area contributed by atoms with E-state index in [9.17, 15) is 13.6 Å². The molecule has 0 saturated heterocycles. The highest BCUT2D eigenvalue weighted by Crippen LogP contribution is 2.25. The lowest BCUT2D eigenvalue weighted by atomic mass is 10.2. The van der Waals surface area contributed by atoms with Gasteiger partial charge in [0, 0.05) is 4.90 Å². The summed E-state index contributed by atoms with van der Waals surface area (Å²) in [5.41, 5.74) is 0.823. The Morgan fingerprint density at radius 1 is 1.33 bits per heavy atom. The van der Waals surface area contributed by atoms with E-state index in [0.717, 1.165) is 5.56 Å². The minimum Gasteiger partial charge on any atom is -0.295 e. The van der Waals surface area contributed by atoms with Crippen molar-refractivity contribution in [1.29, 1.82) is 0 Å². The van der Waals surface area contributed by atoms with Crippen molar-refractivity contribution in [2.75, 3.05) is 0 Å². The van der Waals surface area contributed by atoms with Crippen LogP contribution < -0.4 is 0 Å². The molecule has 0 saturated carbocycles. The number of rotatable bonds is 4. The zero-order chi connectivity index (χ0) is 11.3. The van der Waals surface area contributed by atoms with Gasteiger partial charge in [0.25, 0.3) is 5.76 Å². The van der Waals surface area contributed by atoms with Gasteiger partial charge in [0.1, 0.15) is 0 Å². The molecule has 15 heavy (non-hydrogen) atoms. The van der Waals surface area contributed by atoms with Crippen LogP contribution in [0.5, 0.6) is 0 Å². The summed E-state index contributed by atoms with van der Waals surface area (Å²) in [4.78, 5) is 11.2. The molecule has 1 aromatic carbocycles. The highest BCUT2D eigenvalue weighted by molar-refractivity contribution is 7.99. The molecule has 0 atom stereocenters. The molecule has 0 radical (unpaired) electrons. The van der Waals surface area contributed by atoms with E-state index in [1.807, 2.05) is 0 Å². The van der Waals surface area contributed by atoms with Crippen LogP contribution in [0.25, 0.3) is 6.08 Å². The summed E-state index contributed by atoms with van der Waals surface area (Å²) in [6.07, 6.45) is 3.09. The molecule has 0 aliphatic rings. The maximum Gasteiger partial charge on any atom is 0.288 e. The maximum absolute atomic E-state index is 12.0. The van der Waals surface area contributed by atoms with Gasteiger partial charge in [-0.25, -0.2) is 0 Å². The van der Waals surface area contributed by atoms with Crippen LogP contribution in [0.15, 0.2) is 35.2 Å². The lowest BCUT2D eigenvalue weighted by molar-refractivity contribution is -0.112. The van der Waals surface area contributed by atoms with Crippen LogP contribution in [-0.2, 0) is 4.79 Å². The summed E-state index contributed by atoms with van der Waals surface area (Å²) in [6.45, 7) is 1.46. The predicted octanol–water partition coefficient (Wildman–Crippen LogP) is 3.60.